The van der Waals surface area contributed by atoms with Crippen molar-refractivity contribution in [3.05, 3.63) is 38.1 Å². The van der Waals surface area contributed by atoms with E-state index in [1.165, 1.54) is 0 Å². The first kappa shape index (κ1) is 14.8. The number of hydrogen-bond donors (Lipinski definition) is 2. The molecule has 1 aromatic heterocycles. The van der Waals surface area contributed by atoms with Crippen LogP contribution in [0.1, 0.15) is 5.56 Å². The largest absolute Gasteiger partial charge is 0.398 e. The average Bonchev–Trinajstić information content (AvgIpc) is 2.73. The predicted molar refractivity (Wildman–Crippen MR) is 86.1 cm³/mol. The summed E-state index contributed by atoms with van der Waals surface area (Å²) < 4.78 is 28.5. The van der Waals surface area contributed by atoms with Crippen molar-refractivity contribution in [2.24, 2.45) is 0 Å². The van der Waals surface area contributed by atoms with Gasteiger partial charge >= 0.3 is 0 Å². The number of nitrogens with one attached hydrogen (secondary N) is 1. The van der Waals surface area contributed by atoms with E-state index in [1.54, 1.807) is 24.3 Å². The molecule has 0 atom stereocenters. The lowest BCUT2D eigenvalue weighted by molar-refractivity contribution is 0.603. The number of nitrogens with two attached hydrogens (primary N) is 1. The molecule has 2 rings (SSSR count). The molecule has 0 fully saturated rings. The van der Waals surface area contributed by atoms with Crippen molar-refractivity contribution in [3.8, 4) is 0 Å². The molecular formula is C11H10Br2N2O2S2. The minimum atomic E-state index is -3.59. The first-order valence-electron chi connectivity index (χ1n) is 5.13. The van der Waals surface area contributed by atoms with Crippen molar-refractivity contribution in [1.82, 2.24) is 0 Å². The molecule has 0 saturated heterocycles. The second-order valence-corrected chi connectivity index (χ2v) is 9.08. The first-order chi connectivity index (χ1) is 8.79. The average molecular weight is 426 g/mol. The lowest BCUT2D eigenvalue weighted by atomic mass is 10.2. The number of sulfonamides is 1. The van der Waals surface area contributed by atoms with Crippen molar-refractivity contribution in [2.75, 3.05) is 10.5 Å². The summed E-state index contributed by atoms with van der Waals surface area (Å²) in [5, 5.41) is 0. The fraction of sp³-hybridized carbons (Fsp3) is 0.0909. The van der Waals surface area contributed by atoms with Crippen LogP contribution in [0.15, 0.2) is 36.7 Å². The van der Waals surface area contributed by atoms with Crippen LogP contribution < -0.4 is 10.5 Å². The molecule has 2 aromatic rings. The Hall–Kier alpha value is -0.570. The number of benzene rings is 1. The van der Waals surface area contributed by atoms with Gasteiger partial charge in [0.25, 0.3) is 10.0 Å². The summed E-state index contributed by atoms with van der Waals surface area (Å²) in [6.45, 7) is 1.86. The molecular weight excluding hydrogens is 416 g/mol. The molecule has 102 valence electrons. The predicted octanol–water partition coefficient (Wildman–Crippen LogP) is 3.96. The Labute approximate surface area is 132 Å². The van der Waals surface area contributed by atoms with Gasteiger partial charge in [-0.1, -0.05) is 0 Å². The standard InChI is InChI=1S/C11H10Br2N2O2S2/c1-6-4-7(12)9(5-8(6)14)15-19(16,17)11-3-2-10(13)18-11/h2-5,15H,14H2,1H3. The monoisotopic (exact) mass is 424 g/mol. The normalized spacial score (nSPS) is 11.5. The number of hydrogen-bond acceptors (Lipinski definition) is 4. The third-order valence-electron chi connectivity index (χ3n) is 2.41. The van der Waals surface area contributed by atoms with Gasteiger partial charge in [-0.2, -0.15) is 0 Å². The number of rotatable bonds is 3. The van der Waals surface area contributed by atoms with E-state index in [2.05, 4.69) is 36.6 Å². The molecule has 0 aliphatic carbocycles. The van der Waals surface area contributed by atoms with Gasteiger partial charge in [-0.15, -0.1) is 11.3 Å². The maximum atomic E-state index is 12.2. The Kier molecular flexibility index (Phi) is 4.24. The number of nitrogen functional groups attached to an aromatic ring is 1. The van der Waals surface area contributed by atoms with Crippen molar-refractivity contribution in [1.29, 1.82) is 0 Å². The minimum Gasteiger partial charge on any atom is -0.398 e. The zero-order valence-corrected chi connectivity index (χ0v) is 14.6. The molecule has 0 unspecified atom stereocenters. The van der Waals surface area contributed by atoms with Gasteiger partial charge in [0.1, 0.15) is 4.21 Å². The highest BCUT2D eigenvalue weighted by Gasteiger charge is 2.18. The Bertz CT molecular complexity index is 726. The van der Waals surface area contributed by atoms with Crippen molar-refractivity contribution >= 4 is 64.6 Å². The second kappa shape index (κ2) is 5.43. The first-order valence-corrected chi connectivity index (χ1v) is 9.02. The van der Waals surface area contributed by atoms with Crippen LogP contribution in [-0.4, -0.2) is 8.42 Å². The summed E-state index contributed by atoms with van der Waals surface area (Å²) in [6.07, 6.45) is 0. The Morgan fingerprint density at radius 3 is 2.53 bits per heavy atom. The third-order valence-corrected chi connectivity index (χ3v) is 6.55. The highest BCUT2D eigenvalue weighted by atomic mass is 79.9. The molecule has 0 saturated carbocycles. The number of halogens is 2. The van der Waals surface area contributed by atoms with Crippen molar-refractivity contribution in [2.45, 2.75) is 11.1 Å². The van der Waals surface area contributed by atoms with E-state index < -0.39 is 10.0 Å². The van der Waals surface area contributed by atoms with Gasteiger partial charge in [-0.05, 0) is 68.6 Å². The van der Waals surface area contributed by atoms with Crippen LogP contribution in [0.5, 0.6) is 0 Å². The smallest absolute Gasteiger partial charge is 0.271 e. The van der Waals surface area contributed by atoms with E-state index in [9.17, 15) is 8.42 Å². The van der Waals surface area contributed by atoms with E-state index in [-0.39, 0.29) is 4.21 Å². The summed E-state index contributed by atoms with van der Waals surface area (Å²) in [5.41, 5.74) is 7.63. The Balaban J connectivity index is 2.38. The zero-order chi connectivity index (χ0) is 14.2. The van der Waals surface area contributed by atoms with Crippen LogP contribution in [-0.2, 0) is 10.0 Å². The molecule has 19 heavy (non-hydrogen) atoms. The van der Waals surface area contributed by atoms with Gasteiger partial charge in [-0.25, -0.2) is 8.42 Å². The summed E-state index contributed by atoms with van der Waals surface area (Å²) in [5.74, 6) is 0. The summed E-state index contributed by atoms with van der Waals surface area (Å²) in [7, 11) is -3.59. The molecule has 0 bridgehead atoms. The molecule has 4 nitrogen and oxygen atoms in total. The summed E-state index contributed by atoms with van der Waals surface area (Å²) >= 11 is 7.71. The number of anilines is 2. The van der Waals surface area contributed by atoms with Gasteiger partial charge in [0.15, 0.2) is 0 Å². The molecule has 3 N–H and O–H groups in total. The van der Waals surface area contributed by atoms with Gasteiger partial charge < -0.3 is 5.73 Å². The van der Waals surface area contributed by atoms with Gasteiger partial charge in [0.05, 0.1) is 9.47 Å². The third kappa shape index (κ3) is 3.31. The van der Waals surface area contributed by atoms with Crippen LogP contribution in [0.25, 0.3) is 0 Å². The van der Waals surface area contributed by atoms with Gasteiger partial charge in [0, 0.05) is 10.2 Å². The van der Waals surface area contributed by atoms with Crippen LogP contribution in [0.3, 0.4) is 0 Å². The van der Waals surface area contributed by atoms with E-state index in [0.29, 0.717) is 15.8 Å². The van der Waals surface area contributed by atoms with E-state index in [4.69, 9.17) is 5.73 Å². The van der Waals surface area contributed by atoms with E-state index in [0.717, 1.165) is 20.7 Å². The van der Waals surface area contributed by atoms with Crippen molar-refractivity contribution in [3.63, 3.8) is 0 Å². The quantitative estimate of drug-likeness (QED) is 0.730. The highest BCUT2D eigenvalue weighted by molar-refractivity contribution is 9.11. The molecule has 1 heterocycles. The number of thiophene rings is 1. The lowest BCUT2D eigenvalue weighted by Crippen LogP contribution is -2.12. The van der Waals surface area contributed by atoms with Crippen LogP contribution in [0.4, 0.5) is 11.4 Å². The van der Waals surface area contributed by atoms with Crippen molar-refractivity contribution < 1.29 is 8.42 Å². The van der Waals surface area contributed by atoms with Gasteiger partial charge in [-0.3, -0.25) is 4.72 Å². The number of aryl methyl sites for hydroxylation is 1. The molecule has 8 heteroatoms. The fourth-order valence-electron chi connectivity index (χ4n) is 1.40. The van der Waals surface area contributed by atoms with E-state index in [1.807, 2.05) is 6.92 Å². The fourth-order valence-corrected chi connectivity index (χ4v) is 5.17. The Morgan fingerprint density at radius 2 is 1.95 bits per heavy atom. The van der Waals surface area contributed by atoms with Crippen LogP contribution >= 0.6 is 43.2 Å². The molecule has 1 aromatic carbocycles. The summed E-state index contributed by atoms with van der Waals surface area (Å²) in [4.78, 5) is 0. The zero-order valence-electron chi connectivity index (χ0n) is 9.78. The van der Waals surface area contributed by atoms with Crippen LogP contribution in [0.2, 0.25) is 0 Å². The topological polar surface area (TPSA) is 72.2 Å². The lowest BCUT2D eigenvalue weighted by Gasteiger charge is -2.10. The van der Waals surface area contributed by atoms with Gasteiger partial charge in [0.2, 0.25) is 0 Å². The maximum Gasteiger partial charge on any atom is 0.271 e. The molecule has 0 amide bonds. The SMILES string of the molecule is Cc1cc(Br)c(NS(=O)(=O)c2ccc(Br)s2)cc1N. The second-order valence-electron chi connectivity index (χ2n) is 3.85. The Morgan fingerprint density at radius 1 is 1.26 bits per heavy atom. The molecule has 0 radical (unpaired) electrons. The molecule has 0 aliphatic rings. The summed E-state index contributed by atoms with van der Waals surface area (Å²) in [6, 6.07) is 6.61. The maximum absolute atomic E-state index is 12.2. The highest BCUT2D eigenvalue weighted by Crippen LogP contribution is 2.32. The molecule has 0 spiro atoms. The molecule has 0 aliphatic heterocycles. The van der Waals surface area contributed by atoms with E-state index >= 15 is 0 Å². The van der Waals surface area contributed by atoms with Crippen LogP contribution in [0, 0.1) is 6.92 Å². The minimum absolute atomic E-state index is 0.241.